The number of benzene rings is 1. The third-order valence-corrected chi connectivity index (χ3v) is 5.99. The zero-order chi connectivity index (χ0) is 20.2. The number of amides is 2. The maximum atomic E-state index is 13.0. The lowest BCUT2D eigenvalue weighted by atomic mass is 9.99. The Labute approximate surface area is 170 Å². The topological polar surface area (TPSA) is 59.1 Å². The van der Waals surface area contributed by atoms with Gasteiger partial charge in [-0.2, -0.15) is 0 Å². The fraction of sp³-hybridized carbons (Fsp3) is 0.545. The number of likely N-dealkylation sites (tertiary alicyclic amines) is 1. The molecule has 1 unspecified atom stereocenters. The second-order valence-corrected chi connectivity index (χ2v) is 7.94. The minimum Gasteiger partial charge on any atom is -0.491 e. The fourth-order valence-corrected chi connectivity index (χ4v) is 4.29. The van der Waals surface area contributed by atoms with Gasteiger partial charge in [0.25, 0.3) is 0 Å². The van der Waals surface area contributed by atoms with Crippen molar-refractivity contribution in [1.29, 1.82) is 0 Å². The number of allylic oxidation sites excluding steroid dienone is 2. The molecule has 29 heavy (non-hydrogen) atoms. The van der Waals surface area contributed by atoms with Gasteiger partial charge in [-0.1, -0.05) is 12.2 Å². The Morgan fingerprint density at radius 3 is 2.52 bits per heavy atom. The van der Waals surface area contributed by atoms with E-state index in [1.807, 2.05) is 9.80 Å². The van der Waals surface area contributed by atoms with Gasteiger partial charge in [-0.15, -0.1) is 0 Å². The molecule has 3 aliphatic rings. The highest BCUT2D eigenvalue weighted by Crippen LogP contribution is 2.25. The number of hydrogen-bond donors (Lipinski definition) is 0. The maximum Gasteiger partial charge on any atom is 0.248 e. The number of carbonyl (C=O) groups is 2. The Morgan fingerprint density at radius 1 is 1.14 bits per heavy atom. The molecule has 1 aromatic rings. The molecule has 6 nitrogen and oxygen atoms in total. The Bertz CT molecular complexity index is 751. The van der Waals surface area contributed by atoms with E-state index in [4.69, 9.17) is 9.47 Å². The number of piperidine rings is 1. The van der Waals surface area contributed by atoms with Gasteiger partial charge in [0.2, 0.25) is 11.8 Å². The van der Waals surface area contributed by atoms with Gasteiger partial charge in [-0.05, 0) is 49.9 Å². The molecule has 1 aliphatic carbocycles. The van der Waals surface area contributed by atoms with E-state index in [2.05, 4.69) is 12.2 Å². The average Bonchev–Trinajstić information content (AvgIpc) is 3.29. The first-order valence-corrected chi connectivity index (χ1v) is 10.3. The highest BCUT2D eigenvalue weighted by atomic mass is 19.1. The summed E-state index contributed by atoms with van der Waals surface area (Å²) in [7, 11) is 0. The molecule has 0 radical (unpaired) electrons. The van der Waals surface area contributed by atoms with Crippen LogP contribution in [0.25, 0.3) is 0 Å². The van der Waals surface area contributed by atoms with Crippen molar-refractivity contribution in [2.24, 2.45) is 5.92 Å². The Kier molecular flexibility index (Phi) is 6.13. The largest absolute Gasteiger partial charge is 0.491 e. The molecule has 1 aromatic carbocycles. The monoisotopic (exact) mass is 402 g/mol. The van der Waals surface area contributed by atoms with Crippen LogP contribution in [0.2, 0.25) is 0 Å². The van der Waals surface area contributed by atoms with E-state index in [9.17, 15) is 14.0 Å². The highest BCUT2D eigenvalue weighted by molar-refractivity contribution is 5.80. The van der Waals surface area contributed by atoms with Gasteiger partial charge in [0.15, 0.2) is 0 Å². The molecule has 7 heteroatoms. The Hall–Kier alpha value is -2.41. The molecule has 0 spiro atoms. The van der Waals surface area contributed by atoms with Crippen LogP contribution in [0.3, 0.4) is 0 Å². The number of carbonyl (C=O) groups excluding carboxylic acids is 2. The summed E-state index contributed by atoms with van der Waals surface area (Å²) in [5.74, 6) is 0.605. The van der Waals surface area contributed by atoms with Crippen LogP contribution in [0.5, 0.6) is 5.75 Å². The van der Waals surface area contributed by atoms with Gasteiger partial charge >= 0.3 is 0 Å². The van der Waals surface area contributed by atoms with E-state index in [0.717, 1.165) is 25.7 Å². The van der Waals surface area contributed by atoms with Gasteiger partial charge in [-0.25, -0.2) is 4.39 Å². The zero-order valence-corrected chi connectivity index (χ0v) is 16.5. The molecular formula is C22H27FN2O4. The minimum atomic E-state index is -0.308. The van der Waals surface area contributed by atoms with Crippen LogP contribution < -0.4 is 4.74 Å². The summed E-state index contributed by atoms with van der Waals surface area (Å²) < 4.78 is 24.3. The summed E-state index contributed by atoms with van der Waals surface area (Å²) in [6.07, 6.45) is 7.22. The molecular weight excluding hydrogens is 375 g/mol. The molecule has 4 rings (SSSR count). The number of morpholine rings is 1. The molecule has 2 aliphatic heterocycles. The Balaban J connectivity index is 1.27. The molecule has 0 N–H and O–H groups in total. The first-order chi connectivity index (χ1) is 14.1. The normalized spacial score (nSPS) is 23.6. The predicted molar refractivity (Wildman–Crippen MR) is 105 cm³/mol. The molecule has 2 saturated heterocycles. The summed E-state index contributed by atoms with van der Waals surface area (Å²) in [5.41, 5.74) is 0. The lowest BCUT2D eigenvalue weighted by Gasteiger charge is -2.42. The zero-order valence-electron chi connectivity index (χ0n) is 16.5. The van der Waals surface area contributed by atoms with E-state index in [1.54, 1.807) is 12.1 Å². The number of ether oxygens (including phenoxy) is 2. The molecule has 2 amide bonds. The molecule has 2 heterocycles. The number of hydrogen-bond acceptors (Lipinski definition) is 4. The predicted octanol–water partition coefficient (Wildman–Crippen LogP) is 2.39. The molecule has 0 aromatic heterocycles. The number of halogens is 1. The van der Waals surface area contributed by atoms with Crippen LogP contribution >= 0.6 is 0 Å². The quantitative estimate of drug-likeness (QED) is 0.710. The second kappa shape index (κ2) is 8.95. The second-order valence-electron chi connectivity index (χ2n) is 7.94. The van der Waals surface area contributed by atoms with E-state index < -0.39 is 0 Å². The van der Waals surface area contributed by atoms with E-state index >= 15 is 0 Å². The lowest BCUT2D eigenvalue weighted by Crippen LogP contribution is -2.56. The van der Waals surface area contributed by atoms with Crippen molar-refractivity contribution in [2.45, 2.75) is 37.8 Å². The van der Waals surface area contributed by atoms with E-state index in [-0.39, 0.29) is 42.3 Å². The first-order valence-electron chi connectivity index (χ1n) is 10.3. The summed E-state index contributed by atoms with van der Waals surface area (Å²) in [6, 6.07) is 5.99. The van der Waals surface area contributed by atoms with Crippen LogP contribution in [0, 0.1) is 11.7 Å². The Morgan fingerprint density at radius 2 is 1.83 bits per heavy atom. The molecule has 156 valence electrons. The van der Waals surface area contributed by atoms with Crippen molar-refractivity contribution in [3.63, 3.8) is 0 Å². The van der Waals surface area contributed by atoms with Crippen molar-refractivity contribution in [1.82, 2.24) is 9.80 Å². The van der Waals surface area contributed by atoms with Crippen LogP contribution in [-0.4, -0.2) is 66.6 Å². The smallest absolute Gasteiger partial charge is 0.248 e. The number of nitrogens with zero attached hydrogens (tertiary/aromatic N) is 2. The fourth-order valence-electron chi connectivity index (χ4n) is 4.29. The standard InChI is InChI=1S/C22H27FN2O4/c23-17-5-7-19(8-6-17)28-14-20-13-25(21(26)15-29-20)18-9-11-24(12-10-18)22(27)16-3-1-2-4-16/h1-2,5-8,16,18,20H,3-4,9-15H2. The van der Waals surface area contributed by atoms with Crippen molar-refractivity contribution < 1.29 is 23.5 Å². The van der Waals surface area contributed by atoms with Crippen LogP contribution in [0.4, 0.5) is 4.39 Å². The van der Waals surface area contributed by atoms with E-state index in [0.29, 0.717) is 32.0 Å². The van der Waals surface area contributed by atoms with Crippen molar-refractivity contribution in [3.05, 3.63) is 42.2 Å². The van der Waals surface area contributed by atoms with Crippen molar-refractivity contribution in [2.75, 3.05) is 32.8 Å². The van der Waals surface area contributed by atoms with Gasteiger partial charge in [-0.3, -0.25) is 9.59 Å². The molecule has 1 atom stereocenters. The van der Waals surface area contributed by atoms with Gasteiger partial charge in [0.1, 0.15) is 30.9 Å². The summed E-state index contributed by atoms with van der Waals surface area (Å²) >= 11 is 0. The average molecular weight is 402 g/mol. The van der Waals surface area contributed by atoms with Crippen molar-refractivity contribution in [3.8, 4) is 5.75 Å². The van der Waals surface area contributed by atoms with E-state index in [1.165, 1.54) is 12.1 Å². The van der Waals surface area contributed by atoms with Crippen molar-refractivity contribution >= 4 is 11.8 Å². The third kappa shape index (κ3) is 4.78. The van der Waals surface area contributed by atoms with Gasteiger partial charge < -0.3 is 19.3 Å². The maximum absolute atomic E-state index is 13.0. The lowest BCUT2D eigenvalue weighted by molar-refractivity contribution is -0.156. The van der Waals surface area contributed by atoms with Crippen LogP contribution in [0.15, 0.2) is 36.4 Å². The summed E-state index contributed by atoms with van der Waals surface area (Å²) in [4.78, 5) is 28.8. The van der Waals surface area contributed by atoms with Gasteiger partial charge in [0, 0.05) is 25.0 Å². The summed E-state index contributed by atoms with van der Waals surface area (Å²) in [6.45, 7) is 2.22. The van der Waals surface area contributed by atoms with Gasteiger partial charge in [0.05, 0.1) is 6.54 Å². The third-order valence-electron chi connectivity index (χ3n) is 5.99. The van der Waals surface area contributed by atoms with Crippen LogP contribution in [-0.2, 0) is 14.3 Å². The first kappa shape index (κ1) is 19.9. The molecule has 2 fully saturated rings. The van der Waals surface area contributed by atoms with Crippen LogP contribution in [0.1, 0.15) is 25.7 Å². The number of rotatable bonds is 5. The highest BCUT2D eigenvalue weighted by Gasteiger charge is 2.35. The summed E-state index contributed by atoms with van der Waals surface area (Å²) in [5, 5.41) is 0. The minimum absolute atomic E-state index is 0.00667. The molecule has 0 bridgehead atoms. The molecule has 0 saturated carbocycles. The SMILES string of the molecule is O=C(C1CC=CC1)N1CCC(N2CC(COc3ccc(F)cc3)OCC2=O)CC1.